The average Bonchev–Trinajstić information content (AvgIpc) is 2.87. The molecular weight excluding hydrogens is 256 g/mol. The van der Waals surface area contributed by atoms with E-state index < -0.39 is 12.0 Å². The van der Waals surface area contributed by atoms with Gasteiger partial charge in [-0.15, -0.1) is 11.8 Å². The molecule has 1 N–H and O–H groups in total. The van der Waals surface area contributed by atoms with Crippen molar-refractivity contribution in [2.75, 3.05) is 31.4 Å². The molecule has 2 atom stereocenters. The summed E-state index contributed by atoms with van der Waals surface area (Å²) in [4.78, 5) is 26.7. The van der Waals surface area contributed by atoms with Gasteiger partial charge in [0.1, 0.15) is 6.04 Å². The largest absolute Gasteiger partial charge is 0.480 e. The molecule has 18 heavy (non-hydrogen) atoms. The van der Waals surface area contributed by atoms with E-state index in [0.29, 0.717) is 31.4 Å². The Morgan fingerprint density at radius 3 is 2.89 bits per heavy atom. The van der Waals surface area contributed by atoms with Gasteiger partial charge >= 0.3 is 12.0 Å². The first-order valence-corrected chi connectivity index (χ1v) is 7.26. The Bertz CT molecular complexity index is 339. The number of hydrogen-bond acceptors (Lipinski definition) is 4. The van der Waals surface area contributed by atoms with E-state index in [1.165, 1.54) is 16.7 Å². The number of aliphatic carboxylic acids is 1. The summed E-state index contributed by atoms with van der Waals surface area (Å²) in [5, 5.41) is 9.10. The number of carbonyl (C=O) groups is 2. The minimum Gasteiger partial charge on any atom is -0.480 e. The van der Waals surface area contributed by atoms with E-state index >= 15 is 0 Å². The quantitative estimate of drug-likeness (QED) is 0.801. The minimum atomic E-state index is -0.922. The number of carbonyl (C=O) groups excluding carboxylic acids is 1. The Hall–Kier alpha value is -0.950. The smallest absolute Gasteiger partial charge is 0.327 e. The molecule has 0 aliphatic carbocycles. The fourth-order valence-corrected chi connectivity index (χ4v) is 3.38. The number of urea groups is 1. The predicted molar refractivity (Wildman–Crippen MR) is 67.6 cm³/mol. The van der Waals surface area contributed by atoms with Gasteiger partial charge in [-0.25, -0.2) is 9.59 Å². The summed E-state index contributed by atoms with van der Waals surface area (Å²) in [5.74, 6) is 0.0147. The first-order valence-electron chi connectivity index (χ1n) is 6.10. The molecule has 2 rings (SSSR count). The molecule has 0 aromatic heterocycles. The van der Waals surface area contributed by atoms with E-state index in [9.17, 15) is 9.59 Å². The Morgan fingerprint density at radius 1 is 1.44 bits per heavy atom. The zero-order valence-electron chi connectivity index (χ0n) is 10.4. The van der Waals surface area contributed by atoms with E-state index in [1.54, 1.807) is 4.90 Å². The number of ether oxygens (including phenoxy) is 1. The van der Waals surface area contributed by atoms with Crippen LogP contribution in [0.25, 0.3) is 0 Å². The summed E-state index contributed by atoms with van der Waals surface area (Å²) in [6.07, 6.45) is 0.824. The zero-order chi connectivity index (χ0) is 13.1. The summed E-state index contributed by atoms with van der Waals surface area (Å²) in [6.45, 7) is 3.62. The van der Waals surface area contributed by atoms with Crippen LogP contribution in [0.2, 0.25) is 0 Å². The van der Waals surface area contributed by atoms with Crippen LogP contribution in [0.3, 0.4) is 0 Å². The molecule has 2 saturated heterocycles. The second kappa shape index (κ2) is 5.79. The molecule has 2 aliphatic rings. The molecule has 0 aromatic rings. The van der Waals surface area contributed by atoms with Crippen molar-refractivity contribution in [1.29, 1.82) is 0 Å². The van der Waals surface area contributed by atoms with Crippen LogP contribution in [0.15, 0.2) is 0 Å². The van der Waals surface area contributed by atoms with E-state index in [4.69, 9.17) is 9.84 Å². The summed E-state index contributed by atoms with van der Waals surface area (Å²) in [7, 11) is 0. The van der Waals surface area contributed by atoms with E-state index in [1.807, 2.05) is 6.92 Å². The third-order valence-electron chi connectivity index (χ3n) is 3.36. The van der Waals surface area contributed by atoms with Crippen molar-refractivity contribution in [1.82, 2.24) is 9.80 Å². The van der Waals surface area contributed by atoms with Gasteiger partial charge in [0.05, 0.1) is 25.1 Å². The third kappa shape index (κ3) is 2.56. The van der Waals surface area contributed by atoms with Crippen molar-refractivity contribution < 1.29 is 19.4 Å². The van der Waals surface area contributed by atoms with Gasteiger partial charge in [0, 0.05) is 12.3 Å². The highest BCUT2D eigenvalue weighted by atomic mass is 32.2. The summed E-state index contributed by atoms with van der Waals surface area (Å²) in [6, 6.07) is -0.795. The lowest BCUT2D eigenvalue weighted by atomic mass is 10.2. The van der Waals surface area contributed by atoms with Crippen LogP contribution in [-0.4, -0.2) is 70.4 Å². The molecule has 2 heterocycles. The predicted octanol–water partition coefficient (Wildman–Crippen LogP) is 0.677. The monoisotopic (exact) mass is 274 g/mol. The molecule has 2 amide bonds. The molecule has 2 unspecified atom stereocenters. The van der Waals surface area contributed by atoms with Gasteiger partial charge in [-0.2, -0.15) is 0 Å². The van der Waals surface area contributed by atoms with Crippen molar-refractivity contribution >= 4 is 23.8 Å². The number of hydrogen-bond donors (Lipinski definition) is 1. The maximum Gasteiger partial charge on any atom is 0.327 e. The highest BCUT2D eigenvalue weighted by molar-refractivity contribution is 7.99. The summed E-state index contributed by atoms with van der Waals surface area (Å²) < 4.78 is 5.36. The van der Waals surface area contributed by atoms with E-state index in [-0.39, 0.29) is 12.1 Å². The van der Waals surface area contributed by atoms with E-state index in [2.05, 4.69) is 0 Å². The number of carboxylic acids is 1. The molecule has 7 heteroatoms. The maximum absolute atomic E-state index is 12.4. The molecule has 0 radical (unpaired) electrons. The third-order valence-corrected chi connectivity index (χ3v) is 4.37. The first kappa shape index (κ1) is 13.5. The van der Waals surface area contributed by atoms with Gasteiger partial charge in [-0.1, -0.05) is 6.92 Å². The van der Waals surface area contributed by atoms with Crippen LogP contribution < -0.4 is 0 Å². The van der Waals surface area contributed by atoms with Crippen LogP contribution in [0.4, 0.5) is 4.79 Å². The van der Waals surface area contributed by atoms with Gasteiger partial charge in [-0.3, -0.25) is 0 Å². The minimum absolute atomic E-state index is 0.0614. The SMILES string of the molecule is CCC1COCCN1C(=O)N1CSCC1C(=O)O. The van der Waals surface area contributed by atoms with Crippen LogP contribution >= 0.6 is 11.8 Å². The van der Waals surface area contributed by atoms with Crippen molar-refractivity contribution in [2.24, 2.45) is 0 Å². The molecule has 0 aromatic carbocycles. The molecule has 0 bridgehead atoms. The van der Waals surface area contributed by atoms with Gasteiger partial charge in [0.15, 0.2) is 0 Å². The lowest BCUT2D eigenvalue weighted by Crippen LogP contribution is -2.55. The van der Waals surface area contributed by atoms with Gasteiger partial charge in [0.2, 0.25) is 0 Å². The van der Waals surface area contributed by atoms with Crippen LogP contribution in [0.5, 0.6) is 0 Å². The van der Waals surface area contributed by atoms with Gasteiger partial charge < -0.3 is 19.6 Å². The van der Waals surface area contributed by atoms with Crippen LogP contribution in [0, 0.1) is 0 Å². The normalized spacial score (nSPS) is 28.5. The second-order valence-electron chi connectivity index (χ2n) is 4.44. The Labute approximate surface area is 110 Å². The first-order chi connectivity index (χ1) is 8.65. The summed E-state index contributed by atoms with van der Waals surface area (Å²) in [5.41, 5.74) is 0. The number of carboxylic acid groups (broad SMARTS) is 1. The average molecular weight is 274 g/mol. The number of nitrogens with zero attached hydrogens (tertiary/aromatic N) is 2. The number of amides is 2. The highest BCUT2D eigenvalue weighted by Crippen LogP contribution is 2.24. The van der Waals surface area contributed by atoms with E-state index in [0.717, 1.165) is 6.42 Å². The standard InChI is InChI=1S/C11H18N2O4S/c1-2-8-5-17-4-3-12(8)11(16)13-7-18-6-9(13)10(14)15/h8-9H,2-7H2,1H3,(H,14,15). The van der Waals surface area contributed by atoms with Crippen LogP contribution in [0.1, 0.15) is 13.3 Å². The zero-order valence-corrected chi connectivity index (χ0v) is 11.2. The van der Waals surface area contributed by atoms with Gasteiger partial charge in [-0.05, 0) is 6.42 Å². The van der Waals surface area contributed by atoms with Crippen molar-refractivity contribution in [3.05, 3.63) is 0 Å². The Kier molecular flexibility index (Phi) is 4.34. The Morgan fingerprint density at radius 2 is 2.22 bits per heavy atom. The fourth-order valence-electron chi connectivity index (χ4n) is 2.25. The van der Waals surface area contributed by atoms with Crippen molar-refractivity contribution in [3.8, 4) is 0 Å². The highest BCUT2D eigenvalue weighted by Gasteiger charge is 2.39. The number of thioether (sulfide) groups is 1. The van der Waals surface area contributed by atoms with Crippen molar-refractivity contribution in [2.45, 2.75) is 25.4 Å². The van der Waals surface area contributed by atoms with Crippen LogP contribution in [-0.2, 0) is 9.53 Å². The maximum atomic E-state index is 12.4. The number of rotatable bonds is 2. The lowest BCUT2D eigenvalue weighted by Gasteiger charge is -2.38. The molecular formula is C11H18N2O4S. The lowest BCUT2D eigenvalue weighted by molar-refractivity contribution is -0.141. The molecule has 0 saturated carbocycles. The molecule has 2 aliphatic heterocycles. The molecule has 6 nitrogen and oxygen atoms in total. The molecule has 2 fully saturated rings. The van der Waals surface area contributed by atoms with Crippen molar-refractivity contribution in [3.63, 3.8) is 0 Å². The molecule has 102 valence electrons. The summed E-state index contributed by atoms with van der Waals surface area (Å²) >= 11 is 1.49. The second-order valence-corrected chi connectivity index (χ2v) is 5.44. The topological polar surface area (TPSA) is 70.1 Å². The molecule has 0 spiro atoms. The number of morpholine rings is 1. The Balaban J connectivity index is 2.07. The van der Waals surface area contributed by atoms with Gasteiger partial charge in [0.25, 0.3) is 0 Å². The fraction of sp³-hybridized carbons (Fsp3) is 0.818.